The molecule has 7 nitrogen and oxygen atoms in total. The van der Waals surface area contributed by atoms with E-state index < -0.39 is 28.5 Å². The van der Waals surface area contributed by atoms with Crippen LogP contribution in [0.3, 0.4) is 0 Å². The Morgan fingerprint density at radius 3 is 2.42 bits per heavy atom. The van der Waals surface area contributed by atoms with Crippen LogP contribution in [0.2, 0.25) is 0 Å². The van der Waals surface area contributed by atoms with Crippen LogP contribution in [-0.4, -0.2) is 50.0 Å². The Hall–Kier alpha value is -2.43. The fourth-order valence-corrected chi connectivity index (χ4v) is 4.98. The number of ether oxygens (including phenoxy) is 1. The first-order valence-corrected chi connectivity index (χ1v) is 12.1. The summed E-state index contributed by atoms with van der Waals surface area (Å²) >= 11 is 1.38. The average Bonchev–Trinajstić information content (AvgIpc) is 2.74. The van der Waals surface area contributed by atoms with Crippen LogP contribution >= 0.6 is 11.8 Å². The van der Waals surface area contributed by atoms with Gasteiger partial charge >= 0.3 is 5.97 Å². The number of hydrogen-bond acceptors (Lipinski definition) is 6. The lowest BCUT2D eigenvalue weighted by atomic mass is 10.3. The van der Waals surface area contributed by atoms with E-state index in [0.29, 0.717) is 24.5 Å². The van der Waals surface area contributed by atoms with Crippen molar-refractivity contribution in [1.29, 1.82) is 0 Å². The maximum atomic E-state index is 12.9. The molecule has 0 saturated heterocycles. The molecule has 0 radical (unpaired) electrons. The maximum Gasteiger partial charge on any atom is 0.307 e. The molecule has 10 heteroatoms. The molecule has 0 aliphatic carbocycles. The minimum atomic E-state index is -3.65. The molecule has 0 heterocycles. The molecule has 0 aromatic heterocycles. The summed E-state index contributed by atoms with van der Waals surface area (Å²) in [6.45, 7) is 3.70. The summed E-state index contributed by atoms with van der Waals surface area (Å²) in [6.07, 6.45) is 0.0902. The van der Waals surface area contributed by atoms with Gasteiger partial charge in [0, 0.05) is 29.4 Å². The highest BCUT2D eigenvalue weighted by Gasteiger charge is 2.22. The molecule has 1 N–H and O–H groups in total. The SMILES string of the molecule is CCN(CC)S(=O)(=O)c1cccc(NC(=O)COC(=O)CCSc2ccc(F)cc2)c1. The van der Waals surface area contributed by atoms with E-state index >= 15 is 0 Å². The summed E-state index contributed by atoms with van der Waals surface area (Å²) in [5, 5.41) is 2.53. The molecule has 0 unspecified atom stereocenters. The Labute approximate surface area is 186 Å². The number of halogens is 1. The molecule has 2 aromatic carbocycles. The average molecular weight is 469 g/mol. The van der Waals surface area contributed by atoms with Gasteiger partial charge < -0.3 is 10.1 Å². The van der Waals surface area contributed by atoms with E-state index in [0.717, 1.165) is 4.90 Å². The lowest BCUT2D eigenvalue weighted by Gasteiger charge is -2.18. The van der Waals surface area contributed by atoms with Crippen molar-refractivity contribution in [3.05, 3.63) is 54.3 Å². The molecule has 0 aliphatic heterocycles. The smallest absolute Gasteiger partial charge is 0.307 e. The number of benzene rings is 2. The van der Waals surface area contributed by atoms with Crippen molar-refractivity contribution in [3.63, 3.8) is 0 Å². The van der Waals surface area contributed by atoms with E-state index in [4.69, 9.17) is 4.74 Å². The maximum absolute atomic E-state index is 12.9. The van der Waals surface area contributed by atoms with E-state index in [1.165, 1.54) is 46.4 Å². The Balaban J connectivity index is 1.81. The predicted molar refractivity (Wildman–Crippen MR) is 118 cm³/mol. The van der Waals surface area contributed by atoms with Crippen LogP contribution in [0.4, 0.5) is 10.1 Å². The molecule has 168 valence electrons. The zero-order valence-corrected chi connectivity index (χ0v) is 19.0. The van der Waals surface area contributed by atoms with Crippen LogP contribution in [0.1, 0.15) is 20.3 Å². The minimum Gasteiger partial charge on any atom is -0.456 e. The molecular weight excluding hydrogens is 443 g/mol. The zero-order chi connectivity index (χ0) is 22.9. The Kier molecular flexibility index (Phi) is 9.47. The van der Waals surface area contributed by atoms with E-state index in [-0.39, 0.29) is 17.1 Å². The third-order valence-corrected chi connectivity index (χ3v) is 7.27. The largest absolute Gasteiger partial charge is 0.456 e. The molecule has 0 saturated carbocycles. The standard InChI is InChI=1S/C21H25FN2O5S2/c1-3-24(4-2)31(27,28)19-7-5-6-17(14-19)23-20(25)15-29-21(26)12-13-30-18-10-8-16(22)9-11-18/h5-11,14H,3-4,12-13,15H2,1-2H3,(H,23,25). The van der Waals surface area contributed by atoms with E-state index in [1.54, 1.807) is 32.0 Å². The fourth-order valence-electron chi connectivity index (χ4n) is 2.65. The van der Waals surface area contributed by atoms with E-state index in [9.17, 15) is 22.4 Å². The quantitative estimate of drug-likeness (QED) is 0.401. The molecule has 0 aliphatic rings. The number of thioether (sulfide) groups is 1. The number of sulfonamides is 1. The second kappa shape index (κ2) is 11.8. The van der Waals surface area contributed by atoms with Crippen molar-refractivity contribution < 1.29 is 27.1 Å². The van der Waals surface area contributed by atoms with Crippen molar-refractivity contribution in [2.24, 2.45) is 0 Å². The first-order chi connectivity index (χ1) is 14.8. The van der Waals surface area contributed by atoms with Crippen LogP contribution in [0.25, 0.3) is 0 Å². The van der Waals surface area contributed by atoms with Crippen LogP contribution in [-0.2, 0) is 24.3 Å². The third-order valence-electron chi connectivity index (χ3n) is 4.21. The van der Waals surface area contributed by atoms with Gasteiger partial charge in [0.05, 0.1) is 11.3 Å². The van der Waals surface area contributed by atoms with Crippen molar-refractivity contribution in [3.8, 4) is 0 Å². The number of amides is 1. The monoisotopic (exact) mass is 468 g/mol. The van der Waals surface area contributed by atoms with Gasteiger partial charge in [-0.3, -0.25) is 9.59 Å². The molecule has 2 aromatic rings. The van der Waals surface area contributed by atoms with Crippen LogP contribution in [0.15, 0.2) is 58.3 Å². The number of carbonyl (C=O) groups is 2. The summed E-state index contributed by atoms with van der Waals surface area (Å²) in [5.74, 6) is -1.01. The van der Waals surface area contributed by atoms with Crippen LogP contribution in [0.5, 0.6) is 0 Å². The molecule has 31 heavy (non-hydrogen) atoms. The van der Waals surface area contributed by atoms with Gasteiger partial charge in [0.1, 0.15) is 5.82 Å². The lowest BCUT2D eigenvalue weighted by Crippen LogP contribution is -2.30. The summed E-state index contributed by atoms with van der Waals surface area (Å²) in [7, 11) is -3.65. The summed E-state index contributed by atoms with van der Waals surface area (Å²) < 4.78 is 44.3. The Bertz CT molecular complexity index is 993. The summed E-state index contributed by atoms with van der Waals surface area (Å²) in [5.41, 5.74) is 0.293. The fraction of sp³-hybridized carbons (Fsp3) is 0.333. The molecule has 0 bridgehead atoms. The highest BCUT2D eigenvalue weighted by atomic mass is 32.2. The first kappa shape index (κ1) is 24.8. The lowest BCUT2D eigenvalue weighted by molar-refractivity contribution is -0.146. The van der Waals surface area contributed by atoms with Crippen molar-refractivity contribution in [1.82, 2.24) is 4.31 Å². The second-order valence-corrected chi connectivity index (χ2v) is 9.48. The highest BCUT2D eigenvalue weighted by Crippen LogP contribution is 2.20. The second-order valence-electron chi connectivity index (χ2n) is 6.38. The van der Waals surface area contributed by atoms with Gasteiger partial charge in [-0.1, -0.05) is 19.9 Å². The third kappa shape index (κ3) is 7.64. The Morgan fingerprint density at radius 2 is 1.77 bits per heavy atom. The summed E-state index contributed by atoms with van der Waals surface area (Å²) in [6, 6.07) is 11.8. The van der Waals surface area contributed by atoms with Gasteiger partial charge in [-0.15, -0.1) is 11.8 Å². The molecule has 0 fully saturated rings. The van der Waals surface area contributed by atoms with E-state index in [2.05, 4.69) is 5.32 Å². The molecule has 0 atom stereocenters. The topological polar surface area (TPSA) is 92.8 Å². The van der Waals surface area contributed by atoms with Crippen molar-refractivity contribution >= 4 is 39.3 Å². The summed E-state index contributed by atoms with van der Waals surface area (Å²) in [4.78, 5) is 24.8. The first-order valence-electron chi connectivity index (χ1n) is 9.70. The molecular formula is C21H25FN2O5S2. The normalized spacial score (nSPS) is 11.4. The minimum absolute atomic E-state index is 0.0730. The van der Waals surface area contributed by atoms with Gasteiger partial charge in [0.25, 0.3) is 5.91 Å². The van der Waals surface area contributed by atoms with Gasteiger partial charge in [-0.05, 0) is 42.5 Å². The number of rotatable bonds is 11. The van der Waals surface area contributed by atoms with Gasteiger partial charge in [-0.25, -0.2) is 12.8 Å². The zero-order valence-electron chi connectivity index (χ0n) is 17.3. The van der Waals surface area contributed by atoms with Crippen molar-refractivity contribution in [2.75, 3.05) is 30.8 Å². The molecule has 2 rings (SSSR count). The highest BCUT2D eigenvalue weighted by molar-refractivity contribution is 7.99. The van der Waals surface area contributed by atoms with Crippen molar-refractivity contribution in [2.45, 2.75) is 30.1 Å². The number of nitrogens with zero attached hydrogens (tertiary/aromatic N) is 1. The number of carbonyl (C=O) groups excluding carboxylic acids is 2. The number of nitrogens with one attached hydrogen (secondary N) is 1. The molecule has 0 spiro atoms. The number of anilines is 1. The van der Waals surface area contributed by atoms with Crippen LogP contribution < -0.4 is 5.32 Å². The van der Waals surface area contributed by atoms with Gasteiger partial charge in [0.15, 0.2) is 6.61 Å². The Morgan fingerprint density at radius 1 is 1.10 bits per heavy atom. The van der Waals surface area contributed by atoms with E-state index in [1.807, 2.05) is 0 Å². The number of esters is 1. The van der Waals surface area contributed by atoms with Gasteiger partial charge in [0.2, 0.25) is 10.0 Å². The van der Waals surface area contributed by atoms with Gasteiger partial charge in [-0.2, -0.15) is 4.31 Å². The van der Waals surface area contributed by atoms with Crippen LogP contribution in [0, 0.1) is 5.82 Å². The molecule has 1 amide bonds. The predicted octanol–water partition coefficient (Wildman–Crippen LogP) is 3.52. The number of hydrogen-bond donors (Lipinski definition) is 1.